The smallest absolute Gasteiger partial charge is 0.325 e. The SMILES string of the molecule is CCSP(=O)(N(CC)C(=O)N(CC)CC)N(CC)C(=S)C1CC1. The van der Waals surface area contributed by atoms with Crippen LogP contribution < -0.4 is 0 Å². The molecule has 0 spiro atoms. The maximum atomic E-state index is 13.9. The number of amides is 2. The van der Waals surface area contributed by atoms with E-state index >= 15 is 0 Å². The molecule has 0 aromatic heterocycles. The van der Waals surface area contributed by atoms with Crippen molar-refractivity contribution in [2.75, 3.05) is 31.9 Å². The number of hydrogen-bond acceptors (Lipinski definition) is 4. The van der Waals surface area contributed by atoms with E-state index in [1.807, 2.05) is 39.3 Å². The molecule has 1 aliphatic rings. The number of nitrogens with zero attached hydrogens (tertiary/aromatic N) is 3. The van der Waals surface area contributed by atoms with Gasteiger partial charge in [0.15, 0.2) is 0 Å². The van der Waals surface area contributed by atoms with Gasteiger partial charge in [0.05, 0.1) is 4.99 Å². The first-order chi connectivity index (χ1) is 10.9. The second kappa shape index (κ2) is 9.28. The van der Waals surface area contributed by atoms with E-state index in [4.69, 9.17) is 12.2 Å². The van der Waals surface area contributed by atoms with Gasteiger partial charge in [-0.3, -0.25) is 13.9 Å². The standard InChI is InChI=1S/C15H30N3O2PS2/c1-6-16(7-2)15(19)18(9-4)21(20,23-10-5)17(8-3)14(22)13-11-12-13/h13H,6-12H2,1-5H3. The molecule has 0 N–H and O–H groups in total. The van der Waals surface area contributed by atoms with Crippen LogP contribution in [-0.4, -0.2) is 57.2 Å². The van der Waals surface area contributed by atoms with Crippen LogP contribution in [0.4, 0.5) is 4.79 Å². The van der Waals surface area contributed by atoms with Crippen molar-refractivity contribution < 1.29 is 9.36 Å². The highest BCUT2D eigenvalue weighted by molar-refractivity contribution is 8.56. The number of carbonyl (C=O) groups is 1. The molecule has 0 bridgehead atoms. The van der Waals surface area contributed by atoms with Crippen molar-refractivity contribution in [3.63, 3.8) is 0 Å². The minimum absolute atomic E-state index is 0.154. The average Bonchev–Trinajstić information content (AvgIpc) is 3.34. The molecule has 2 amide bonds. The molecule has 0 aromatic carbocycles. The van der Waals surface area contributed by atoms with E-state index in [0.717, 1.165) is 17.8 Å². The van der Waals surface area contributed by atoms with Gasteiger partial charge in [0.2, 0.25) is 0 Å². The molecule has 5 nitrogen and oxygen atoms in total. The molecule has 134 valence electrons. The van der Waals surface area contributed by atoms with Gasteiger partial charge in [-0.15, -0.1) is 0 Å². The third kappa shape index (κ3) is 4.64. The molecule has 0 saturated heterocycles. The zero-order chi connectivity index (χ0) is 17.6. The highest BCUT2D eigenvalue weighted by atomic mass is 32.7. The van der Waals surface area contributed by atoms with E-state index < -0.39 is 6.65 Å². The van der Waals surface area contributed by atoms with E-state index in [1.165, 1.54) is 11.4 Å². The van der Waals surface area contributed by atoms with E-state index in [1.54, 1.807) is 9.57 Å². The van der Waals surface area contributed by atoms with Crippen molar-refractivity contribution in [2.45, 2.75) is 47.5 Å². The normalized spacial score (nSPS) is 16.6. The van der Waals surface area contributed by atoms with Gasteiger partial charge in [0.25, 0.3) is 0 Å². The second-order valence-electron chi connectivity index (χ2n) is 5.41. The highest BCUT2D eigenvalue weighted by Gasteiger charge is 2.44. The van der Waals surface area contributed by atoms with Crippen molar-refractivity contribution in [1.29, 1.82) is 0 Å². The number of carbonyl (C=O) groups excluding carboxylic acids is 1. The molecule has 8 heteroatoms. The first-order valence-corrected chi connectivity index (χ1v) is 12.1. The Labute approximate surface area is 150 Å². The molecular weight excluding hydrogens is 349 g/mol. The lowest BCUT2D eigenvalue weighted by Gasteiger charge is -2.40. The lowest BCUT2D eigenvalue weighted by atomic mass is 10.4. The summed E-state index contributed by atoms with van der Waals surface area (Å²) in [5.41, 5.74) is 0. The summed E-state index contributed by atoms with van der Waals surface area (Å²) in [6.07, 6.45) is 2.14. The van der Waals surface area contributed by atoms with Crippen LogP contribution in [0, 0.1) is 5.92 Å². The zero-order valence-electron chi connectivity index (χ0n) is 14.9. The van der Waals surface area contributed by atoms with Gasteiger partial charge in [-0.25, -0.2) is 4.79 Å². The predicted octanol–water partition coefficient (Wildman–Crippen LogP) is 4.69. The monoisotopic (exact) mass is 379 g/mol. The quantitative estimate of drug-likeness (QED) is 0.429. The fraction of sp³-hybridized carbons (Fsp3) is 0.867. The van der Waals surface area contributed by atoms with Crippen molar-refractivity contribution in [2.24, 2.45) is 5.92 Å². The first-order valence-electron chi connectivity index (χ1n) is 8.54. The third-order valence-corrected chi connectivity index (χ3v) is 10.4. The molecule has 23 heavy (non-hydrogen) atoms. The third-order valence-electron chi connectivity index (χ3n) is 3.94. The number of urea groups is 1. The van der Waals surface area contributed by atoms with Gasteiger partial charge in [-0.05, 0) is 40.5 Å². The maximum Gasteiger partial charge on any atom is 0.327 e. The minimum atomic E-state index is -3.10. The molecule has 1 saturated carbocycles. The molecule has 1 atom stereocenters. The Bertz CT molecular complexity index is 468. The van der Waals surface area contributed by atoms with Gasteiger partial charge < -0.3 is 4.90 Å². The van der Waals surface area contributed by atoms with E-state index in [0.29, 0.717) is 37.8 Å². The molecule has 0 radical (unpaired) electrons. The Hall–Kier alpha value is -0.260. The Balaban J connectivity index is 3.18. The van der Waals surface area contributed by atoms with Gasteiger partial charge in [0, 0.05) is 37.8 Å². The van der Waals surface area contributed by atoms with E-state index in [-0.39, 0.29) is 6.03 Å². The summed E-state index contributed by atoms with van der Waals surface area (Å²) >= 11 is 6.95. The van der Waals surface area contributed by atoms with Crippen molar-refractivity contribution >= 4 is 41.3 Å². The van der Waals surface area contributed by atoms with Gasteiger partial charge in [-0.1, -0.05) is 30.5 Å². The van der Waals surface area contributed by atoms with Crippen LogP contribution in [0.25, 0.3) is 0 Å². The van der Waals surface area contributed by atoms with Gasteiger partial charge in [0.1, 0.15) is 0 Å². The molecule has 1 fully saturated rings. The van der Waals surface area contributed by atoms with Gasteiger partial charge >= 0.3 is 12.7 Å². The number of hydrogen-bond donors (Lipinski definition) is 0. The summed E-state index contributed by atoms with van der Waals surface area (Å²) in [6.45, 7) is 8.84. The lowest BCUT2D eigenvalue weighted by Crippen LogP contribution is -2.44. The Morgan fingerprint density at radius 1 is 1.04 bits per heavy atom. The van der Waals surface area contributed by atoms with Crippen molar-refractivity contribution in [1.82, 2.24) is 14.2 Å². The van der Waals surface area contributed by atoms with Gasteiger partial charge in [-0.2, -0.15) is 0 Å². The van der Waals surface area contributed by atoms with E-state index in [2.05, 4.69) is 0 Å². The topological polar surface area (TPSA) is 43.9 Å². The largest absolute Gasteiger partial charge is 0.327 e. The summed E-state index contributed by atoms with van der Waals surface area (Å²) in [7, 11) is 0. The fourth-order valence-corrected chi connectivity index (χ4v) is 8.73. The van der Waals surface area contributed by atoms with Crippen molar-refractivity contribution in [3.05, 3.63) is 0 Å². The Morgan fingerprint density at radius 3 is 1.91 bits per heavy atom. The summed E-state index contributed by atoms with van der Waals surface area (Å²) in [5.74, 6) is 1.04. The maximum absolute atomic E-state index is 13.9. The molecule has 1 unspecified atom stereocenters. The summed E-state index contributed by atoms with van der Waals surface area (Å²) < 4.78 is 17.3. The highest BCUT2D eigenvalue weighted by Crippen LogP contribution is 2.65. The van der Waals surface area contributed by atoms with Crippen LogP contribution >= 0.6 is 30.2 Å². The van der Waals surface area contributed by atoms with Crippen LogP contribution in [0.3, 0.4) is 0 Å². The molecule has 0 aromatic rings. The number of rotatable bonds is 9. The molecule has 0 aliphatic heterocycles. The molecule has 1 aliphatic carbocycles. The van der Waals surface area contributed by atoms with E-state index in [9.17, 15) is 9.36 Å². The Morgan fingerprint density at radius 2 is 1.57 bits per heavy atom. The van der Waals surface area contributed by atoms with Crippen LogP contribution in [-0.2, 0) is 4.57 Å². The fourth-order valence-electron chi connectivity index (χ4n) is 2.52. The van der Waals surface area contributed by atoms with Crippen LogP contribution in [0.2, 0.25) is 0 Å². The summed E-state index contributed by atoms with van der Waals surface area (Å²) in [4.78, 5) is 15.4. The zero-order valence-corrected chi connectivity index (χ0v) is 17.5. The van der Waals surface area contributed by atoms with Crippen LogP contribution in [0.15, 0.2) is 0 Å². The average molecular weight is 380 g/mol. The molecular formula is C15H30N3O2PS2. The summed E-state index contributed by atoms with van der Waals surface area (Å²) in [5, 5.41) is 0. The number of thiocarbonyl (C=S) groups is 1. The predicted molar refractivity (Wildman–Crippen MR) is 104 cm³/mol. The molecule has 0 heterocycles. The van der Waals surface area contributed by atoms with Crippen molar-refractivity contribution in [3.8, 4) is 0 Å². The second-order valence-corrected chi connectivity index (χ2v) is 10.8. The Kier molecular flexibility index (Phi) is 8.39. The first kappa shape index (κ1) is 20.8. The lowest BCUT2D eigenvalue weighted by molar-refractivity contribution is 0.183. The van der Waals surface area contributed by atoms with Crippen LogP contribution in [0.5, 0.6) is 0 Å². The summed E-state index contributed by atoms with van der Waals surface area (Å²) in [6, 6.07) is -0.154. The van der Waals surface area contributed by atoms with Crippen LogP contribution in [0.1, 0.15) is 47.5 Å². The minimum Gasteiger partial charge on any atom is -0.325 e. The molecule has 1 rings (SSSR count).